The van der Waals surface area contributed by atoms with Gasteiger partial charge >= 0.3 is 0 Å². The van der Waals surface area contributed by atoms with Crippen molar-refractivity contribution in [3.63, 3.8) is 0 Å². The smallest absolute Gasteiger partial charge is 0.0347 e. The summed E-state index contributed by atoms with van der Waals surface area (Å²) in [6, 6.07) is 13.9. The molecule has 1 aliphatic rings. The minimum absolute atomic E-state index is 0.546. The number of benzene rings is 2. The highest BCUT2D eigenvalue weighted by atomic mass is 79.9. The van der Waals surface area contributed by atoms with Crippen LogP contribution in [0.15, 0.2) is 40.9 Å². The van der Waals surface area contributed by atoms with E-state index in [-0.39, 0.29) is 0 Å². The zero-order valence-electron chi connectivity index (χ0n) is 12.0. The lowest BCUT2D eigenvalue weighted by molar-refractivity contribution is 0.610. The van der Waals surface area contributed by atoms with E-state index in [0.29, 0.717) is 6.04 Å². The van der Waals surface area contributed by atoms with Crippen LogP contribution in [0.25, 0.3) is 0 Å². The number of fused-ring (bicyclic) bond motifs is 1. The van der Waals surface area contributed by atoms with Gasteiger partial charge < -0.3 is 5.32 Å². The number of hydrogen-bond donors (Lipinski definition) is 1. The zero-order valence-corrected chi connectivity index (χ0v) is 13.6. The number of halogens is 1. The van der Waals surface area contributed by atoms with Crippen molar-refractivity contribution in [1.82, 2.24) is 0 Å². The average molecular weight is 330 g/mol. The van der Waals surface area contributed by atoms with E-state index in [4.69, 9.17) is 0 Å². The minimum Gasteiger partial charge on any atom is -0.382 e. The second-order valence-corrected chi connectivity index (χ2v) is 6.79. The van der Waals surface area contributed by atoms with Gasteiger partial charge in [0.05, 0.1) is 0 Å². The Balaban J connectivity index is 1.75. The second-order valence-electron chi connectivity index (χ2n) is 5.87. The molecule has 0 aliphatic heterocycles. The first-order valence-corrected chi connectivity index (χ1v) is 8.01. The molecule has 2 aromatic rings. The predicted octanol–water partition coefficient (Wildman–Crippen LogP) is 5.04. The Bertz CT molecular complexity index is 613. The van der Waals surface area contributed by atoms with Crippen LogP contribution in [0.1, 0.15) is 28.7 Å². The highest BCUT2D eigenvalue weighted by Crippen LogP contribution is 2.27. The molecule has 1 nitrogen and oxygen atoms in total. The molecule has 2 heteroatoms. The third-order valence-corrected chi connectivity index (χ3v) is 4.48. The van der Waals surface area contributed by atoms with Crippen LogP contribution in [0, 0.1) is 13.8 Å². The highest BCUT2D eigenvalue weighted by Gasteiger charge is 2.18. The molecular formula is C18H20BrN. The molecule has 3 rings (SSSR count). The van der Waals surface area contributed by atoms with Gasteiger partial charge in [0.15, 0.2) is 0 Å². The van der Waals surface area contributed by atoms with Crippen molar-refractivity contribution in [3.05, 3.63) is 63.1 Å². The van der Waals surface area contributed by atoms with Crippen LogP contribution in [0.3, 0.4) is 0 Å². The maximum atomic E-state index is 3.71. The molecular weight excluding hydrogens is 310 g/mol. The molecule has 0 bridgehead atoms. The van der Waals surface area contributed by atoms with Gasteiger partial charge in [0.25, 0.3) is 0 Å². The van der Waals surface area contributed by atoms with Crippen LogP contribution in [0.5, 0.6) is 0 Å². The first-order valence-electron chi connectivity index (χ1n) is 7.22. The standard InChI is InChI=1S/C18H20BrN/c1-12-7-13(2)9-18(8-12)20-17-6-4-14-10-16(19)5-3-15(14)11-17/h3,5,7-10,17,20H,4,6,11H2,1-2H3. The molecule has 0 heterocycles. The van der Waals surface area contributed by atoms with E-state index < -0.39 is 0 Å². The number of anilines is 1. The summed E-state index contributed by atoms with van der Waals surface area (Å²) in [5.41, 5.74) is 6.90. The first-order chi connectivity index (χ1) is 9.60. The van der Waals surface area contributed by atoms with Crippen molar-refractivity contribution >= 4 is 21.6 Å². The fourth-order valence-electron chi connectivity index (χ4n) is 3.14. The summed E-state index contributed by atoms with van der Waals surface area (Å²) in [6.45, 7) is 4.32. The fraction of sp³-hybridized carbons (Fsp3) is 0.333. The molecule has 1 unspecified atom stereocenters. The van der Waals surface area contributed by atoms with E-state index in [2.05, 4.69) is 71.5 Å². The van der Waals surface area contributed by atoms with Gasteiger partial charge in [-0.3, -0.25) is 0 Å². The number of hydrogen-bond acceptors (Lipinski definition) is 1. The van der Waals surface area contributed by atoms with Crippen molar-refractivity contribution in [3.8, 4) is 0 Å². The molecule has 0 saturated carbocycles. The molecule has 0 spiro atoms. The van der Waals surface area contributed by atoms with Gasteiger partial charge in [-0.25, -0.2) is 0 Å². The zero-order chi connectivity index (χ0) is 14.1. The van der Waals surface area contributed by atoms with E-state index in [1.807, 2.05) is 0 Å². The maximum absolute atomic E-state index is 3.71. The molecule has 1 N–H and O–H groups in total. The van der Waals surface area contributed by atoms with Crippen molar-refractivity contribution in [2.45, 2.75) is 39.2 Å². The van der Waals surface area contributed by atoms with Crippen LogP contribution < -0.4 is 5.32 Å². The molecule has 2 aromatic carbocycles. The van der Waals surface area contributed by atoms with Gasteiger partial charge in [0.2, 0.25) is 0 Å². The van der Waals surface area contributed by atoms with Gasteiger partial charge in [0, 0.05) is 16.2 Å². The first kappa shape index (κ1) is 13.7. The van der Waals surface area contributed by atoms with Crippen molar-refractivity contribution < 1.29 is 0 Å². The van der Waals surface area contributed by atoms with E-state index in [9.17, 15) is 0 Å². The quantitative estimate of drug-likeness (QED) is 0.814. The van der Waals surface area contributed by atoms with Gasteiger partial charge in [-0.05, 0) is 79.6 Å². The lowest BCUT2D eigenvalue weighted by Crippen LogP contribution is -2.27. The number of nitrogens with one attached hydrogen (secondary N) is 1. The Morgan fingerprint density at radius 3 is 2.50 bits per heavy atom. The van der Waals surface area contributed by atoms with Gasteiger partial charge in [-0.2, -0.15) is 0 Å². The van der Waals surface area contributed by atoms with Crippen molar-refractivity contribution in [2.75, 3.05) is 5.32 Å². The molecule has 0 saturated heterocycles. The summed E-state index contributed by atoms with van der Waals surface area (Å²) < 4.78 is 1.19. The SMILES string of the molecule is Cc1cc(C)cc(NC2CCc3cc(Br)ccc3C2)c1. The summed E-state index contributed by atoms with van der Waals surface area (Å²) in [7, 11) is 0. The van der Waals surface area contributed by atoms with E-state index in [0.717, 1.165) is 12.8 Å². The molecule has 1 atom stereocenters. The van der Waals surface area contributed by atoms with Crippen LogP contribution >= 0.6 is 15.9 Å². The van der Waals surface area contributed by atoms with E-state index in [1.165, 1.54) is 38.8 Å². The maximum Gasteiger partial charge on any atom is 0.0347 e. The van der Waals surface area contributed by atoms with Gasteiger partial charge in [-0.15, -0.1) is 0 Å². The summed E-state index contributed by atoms with van der Waals surface area (Å²) in [5.74, 6) is 0. The van der Waals surface area contributed by atoms with Crippen LogP contribution in [0.2, 0.25) is 0 Å². The lowest BCUT2D eigenvalue weighted by Gasteiger charge is -2.27. The van der Waals surface area contributed by atoms with E-state index >= 15 is 0 Å². The van der Waals surface area contributed by atoms with Crippen LogP contribution in [0.4, 0.5) is 5.69 Å². The number of aryl methyl sites for hydroxylation is 3. The minimum atomic E-state index is 0.546. The number of rotatable bonds is 2. The molecule has 0 aromatic heterocycles. The van der Waals surface area contributed by atoms with Crippen LogP contribution in [-0.2, 0) is 12.8 Å². The summed E-state index contributed by atoms with van der Waals surface area (Å²) in [4.78, 5) is 0. The largest absolute Gasteiger partial charge is 0.382 e. The lowest BCUT2D eigenvalue weighted by atomic mass is 9.88. The third-order valence-electron chi connectivity index (χ3n) is 3.99. The average Bonchev–Trinajstić information content (AvgIpc) is 2.38. The normalized spacial score (nSPS) is 17.6. The predicted molar refractivity (Wildman–Crippen MR) is 89.5 cm³/mol. The second kappa shape index (κ2) is 5.61. The third kappa shape index (κ3) is 3.06. The van der Waals surface area contributed by atoms with E-state index in [1.54, 1.807) is 0 Å². The summed E-state index contributed by atoms with van der Waals surface area (Å²) in [5, 5.41) is 3.71. The fourth-order valence-corrected chi connectivity index (χ4v) is 3.55. The monoisotopic (exact) mass is 329 g/mol. The topological polar surface area (TPSA) is 12.0 Å². The summed E-state index contributed by atoms with van der Waals surface area (Å²) in [6.07, 6.45) is 3.49. The van der Waals surface area contributed by atoms with Gasteiger partial charge in [-0.1, -0.05) is 28.1 Å². The molecule has 104 valence electrons. The molecule has 1 aliphatic carbocycles. The molecule has 0 amide bonds. The molecule has 0 fully saturated rings. The summed E-state index contributed by atoms with van der Waals surface area (Å²) >= 11 is 3.56. The Morgan fingerprint density at radius 2 is 1.75 bits per heavy atom. The van der Waals surface area contributed by atoms with Gasteiger partial charge in [0.1, 0.15) is 0 Å². The Kier molecular flexibility index (Phi) is 3.84. The van der Waals surface area contributed by atoms with Crippen molar-refractivity contribution in [1.29, 1.82) is 0 Å². The Hall–Kier alpha value is -1.28. The van der Waals surface area contributed by atoms with Crippen molar-refractivity contribution in [2.24, 2.45) is 0 Å². The Labute approximate surface area is 129 Å². The van der Waals surface area contributed by atoms with Crippen LogP contribution in [-0.4, -0.2) is 6.04 Å². The Morgan fingerprint density at radius 1 is 1.00 bits per heavy atom. The highest BCUT2D eigenvalue weighted by molar-refractivity contribution is 9.10. The molecule has 20 heavy (non-hydrogen) atoms. The molecule has 0 radical (unpaired) electrons.